The molecule has 0 unspecified atom stereocenters. The highest BCUT2D eigenvalue weighted by molar-refractivity contribution is 6.76. The summed E-state index contributed by atoms with van der Waals surface area (Å²) in [4.78, 5) is 16.3. The van der Waals surface area contributed by atoms with E-state index in [-0.39, 0.29) is 12.3 Å². The van der Waals surface area contributed by atoms with Gasteiger partial charge in [-0.2, -0.15) is 0 Å². The first kappa shape index (κ1) is 21.8. The monoisotopic (exact) mass is 418 g/mol. The standard InChI is InChI=1S/C21H34N4O3Si/c1-29(2,3)11-10-28-14-25-9-8-17-18(12-19(20(22)27)24-21(17)25)23-16-6-4-15(13-26)5-7-16/h8-9,12,15-16,26H,4-7,10-11,13-14H2,1-3H3,(H2,22,27)(H,23,24). The molecule has 0 saturated heterocycles. The van der Waals surface area contributed by atoms with E-state index >= 15 is 0 Å². The van der Waals surface area contributed by atoms with Gasteiger partial charge in [-0.3, -0.25) is 4.79 Å². The van der Waals surface area contributed by atoms with Crippen LogP contribution in [0.15, 0.2) is 18.3 Å². The zero-order chi connectivity index (χ0) is 21.0. The number of nitrogens with one attached hydrogen (secondary N) is 1. The Kier molecular flexibility index (Phi) is 6.97. The molecule has 0 radical (unpaired) electrons. The summed E-state index contributed by atoms with van der Waals surface area (Å²) in [5.74, 6) is -0.132. The van der Waals surface area contributed by atoms with Crippen molar-refractivity contribution < 1.29 is 14.6 Å². The molecular formula is C21H34N4O3Si. The van der Waals surface area contributed by atoms with E-state index in [1.165, 1.54) is 0 Å². The average Bonchev–Trinajstić information content (AvgIpc) is 3.08. The molecule has 0 bridgehead atoms. The molecule has 7 nitrogen and oxygen atoms in total. The topological polar surface area (TPSA) is 102 Å². The second-order valence-corrected chi connectivity index (χ2v) is 15.0. The molecule has 0 aromatic carbocycles. The van der Waals surface area contributed by atoms with Crippen molar-refractivity contribution in [3.8, 4) is 0 Å². The number of hydrogen-bond donors (Lipinski definition) is 3. The van der Waals surface area contributed by atoms with Crippen LogP contribution >= 0.6 is 0 Å². The maximum atomic E-state index is 11.8. The number of fused-ring (bicyclic) bond motifs is 1. The first-order chi connectivity index (χ1) is 13.8. The number of primary amides is 1. The number of carbonyl (C=O) groups excluding carboxylic acids is 1. The Balaban J connectivity index is 1.77. The van der Waals surface area contributed by atoms with Crippen molar-refractivity contribution in [1.82, 2.24) is 9.55 Å². The van der Waals surface area contributed by atoms with Crippen LogP contribution < -0.4 is 11.1 Å². The Morgan fingerprint density at radius 1 is 1.34 bits per heavy atom. The number of ether oxygens (including phenoxy) is 1. The van der Waals surface area contributed by atoms with E-state index in [1.807, 2.05) is 16.8 Å². The highest BCUT2D eigenvalue weighted by atomic mass is 28.3. The van der Waals surface area contributed by atoms with Gasteiger partial charge in [-0.1, -0.05) is 19.6 Å². The number of rotatable bonds is 9. The third-order valence-corrected chi connectivity index (χ3v) is 7.38. The third kappa shape index (κ3) is 5.80. The predicted octanol–water partition coefficient (Wildman–Crippen LogP) is 3.41. The fourth-order valence-corrected chi connectivity index (χ4v) is 4.52. The molecule has 1 saturated carbocycles. The van der Waals surface area contributed by atoms with Crippen LogP contribution in [0.1, 0.15) is 36.2 Å². The lowest BCUT2D eigenvalue weighted by Gasteiger charge is -2.29. The Morgan fingerprint density at radius 3 is 2.69 bits per heavy atom. The quantitative estimate of drug-likeness (QED) is 0.428. The van der Waals surface area contributed by atoms with Crippen LogP contribution in [0.25, 0.3) is 11.0 Å². The number of hydrogen-bond acceptors (Lipinski definition) is 5. The van der Waals surface area contributed by atoms with Crippen LogP contribution in [-0.2, 0) is 11.5 Å². The van der Waals surface area contributed by atoms with Gasteiger partial charge in [-0.15, -0.1) is 0 Å². The molecule has 160 valence electrons. The number of pyridine rings is 1. The second-order valence-electron chi connectivity index (χ2n) is 9.33. The maximum Gasteiger partial charge on any atom is 0.267 e. The molecule has 2 heterocycles. The van der Waals surface area contributed by atoms with Gasteiger partial charge in [0.15, 0.2) is 0 Å². The van der Waals surface area contributed by atoms with Gasteiger partial charge in [0.1, 0.15) is 18.1 Å². The van der Waals surface area contributed by atoms with Crippen molar-refractivity contribution in [3.63, 3.8) is 0 Å². The predicted molar refractivity (Wildman–Crippen MR) is 119 cm³/mol. The van der Waals surface area contributed by atoms with Crippen molar-refractivity contribution in [2.45, 2.75) is 64.1 Å². The molecule has 0 atom stereocenters. The molecule has 1 aliphatic carbocycles. The van der Waals surface area contributed by atoms with Gasteiger partial charge in [0, 0.05) is 44.6 Å². The molecule has 3 rings (SSSR count). The highest BCUT2D eigenvalue weighted by Gasteiger charge is 2.22. The fraction of sp³-hybridized carbons (Fsp3) is 0.619. The molecular weight excluding hydrogens is 384 g/mol. The van der Waals surface area contributed by atoms with Crippen molar-refractivity contribution in [1.29, 1.82) is 0 Å². The molecule has 0 aliphatic heterocycles. The Bertz CT molecular complexity index is 838. The summed E-state index contributed by atoms with van der Waals surface area (Å²) in [5.41, 5.74) is 7.39. The summed E-state index contributed by atoms with van der Waals surface area (Å²) in [5, 5.41) is 13.9. The molecule has 4 N–H and O–H groups in total. The lowest BCUT2D eigenvalue weighted by molar-refractivity contribution is 0.0897. The fourth-order valence-electron chi connectivity index (χ4n) is 3.76. The van der Waals surface area contributed by atoms with E-state index in [9.17, 15) is 9.90 Å². The van der Waals surface area contributed by atoms with Crippen molar-refractivity contribution >= 4 is 30.7 Å². The van der Waals surface area contributed by atoms with Gasteiger partial charge >= 0.3 is 0 Å². The molecule has 8 heteroatoms. The van der Waals surface area contributed by atoms with Gasteiger partial charge in [-0.25, -0.2) is 4.98 Å². The third-order valence-electron chi connectivity index (χ3n) is 5.68. The largest absolute Gasteiger partial charge is 0.396 e. The number of nitrogens with zero attached hydrogens (tertiary/aromatic N) is 2. The van der Waals surface area contributed by atoms with Crippen molar-refractivity contribution in [3.05, 3.63) is 24.0 Å². The number of nitrogens with two attached hydrogens (primary N) is 1. The molecule has 2 aromatic rings. The molecule has 2 aromatic heterocycles. The smallest absolute Gasteiger partial charge is 0.267 e. The zero-order valence-corrected chi connectivity index (χ0v) is 18.8. The van der Waals surface area contributed by atoms with Crippen molar-refractivity contribution in [2.24, 2.45) is 11.7 Å². The van der Waals surface area contributed by atoms with Gasteiger partial charge < -0.3 is 25.5 Å². The van der Waals surface area contributed by atoms with Crippen LogP contribution in [0.4, 0.5) is 5.69 Å². The average molecular weight is 419 g/mol. The SMILES string of the molecule is C[Si](C)(C)CCOCn1ccc2c(NC3CCC(CO)CC3)cc(C(N)=O)nc21. The summed E-state index contributed by atoms with van der Waals surface area (Å²) in [6.07, 6.45) is 5.97. The number of anilines is 1. The number of carbonyl (C=O) groups is 1. The zero-order valence-electron chi connectivity index (χ0n) is 17.8. The Labute approximate surface area is 173 Å². The molecule has 1 aliphatic rings. The van der Waals surface area contributed by atoms with Crippen LogP contribution in [0.5, 0.6) is 0 Å². The first-order valence-electron chi connectivity index (χ1n) is 10.5. The first-order valence-corrected chi connectivity index (χ1v) is 14.2. The van der Waals surface area contributed by atoms with E-state index in [4.69, 9.17) is 10.5 Å². The van der Waals surface area contributed by atoms with Gasteiger partial charge in [-0.05, 0) is 49.8 Å². The summed E-state index contributed by atoms with van der Waals surface area (Å²) in [6, 6.07) is 5.19. The number of aliphatic hydroxyl groups is 1. The van der Waals surface area contributed by atoms with Gasteiger partial charge in [0.05, 0.1) is 0 Å². The van der Waals surface area contributed by atoms with E-state index in [1.54, 1.807) is 6.07 Å². The van der Waals surface area contributed by atoms with E-state index in [0.29, 0.717) is 24.3 Å². The molecule has 1 fully saturated rings. The Hall–Kier alpha value is -1.90. The minimum absolute atomic E-state index is 0.256. The highest BCUT2D eigenvalue weighted by Crippen LogP contribution is 2.30. The van der Waals surface area contributed by atoms with Crippen LogP contribution in [0.2, 0.25) is 25.7 Å². The summed E-state index contributed by atoms with van der Waals surface area (Å²) in [6.45, 7) is 8.38. The van der Waals surface area contributed by atoms with Crippen LogP contribution in [0, 0.1) is 5.92 Å². The van der Waals surface area contributed by atoms with E-state index in [2.05, 4.69) is 29.9 Å². The lowest BCUT2D eigenvalue weighted by Crippen LogP contribution is -2.27. The second kappa shape index (κ2) is 9.28. The van der Waals surface area contributed by atoms with Crippen molar-refractivity contribution in [2.75, 3.05) is 18.5 Å². The molecule has 0 spiro atoms. The number of amides is 1. The summed E-state index contributed by atoms with van der Waals surface area (Å²) in [7, 11) is -1.14. The van der Waals surface area contributed by atoms with Gasteiger partial charge in [0.25, 0.3) is 5.91 Å². The minimum atomic E-state index is -1.14. The summed E-state index contributed by atoms with van der Waals surface area (Å²) < 4.78 is 7.80. The van der Waals surface area contributed by atoms with E-state index < -0.39 is 14.0 Å². The van der Waals surface area contributed by atoms with Gasteiger partial charge in [0.2, 0.25) is 0 Å². The number of aliphatic hydroxyl groups excluding tert-OH is 1. The van der Waals surface area contributed by atoms with E-state index in [0.717, 1.165) is 49.4 Å². The molecule has 29 heavy (non-hydrogen) atoms. The molecule has 1 amide bonds. The minimum Gasteiger partial charge on any atom is -0.396 e. The summed E-state index contributed by atoms with van der Waals surface area (Å²) >= 11 is 0. The van der Waals surface area contributed by atoms with Crippen LogP contribution in [-0.4, -0.2) is 47.9 Å². The Morgan fingerprint density at radius 2 is 2.07 bits per heavy atom. The normalized spacial score (nSPS) is 20.1. The number of aromatic nitrogens is 2. The van der Waals surface area contributed by atoms with Crippen LogP contribution in [0.3, 0.4) is 0 Å². The lowest BCUT2D eigenvalue weighted by atomic mass is 9.86. The maximum absolute atomic E-state index is 11.8.